The van der Waals surface area contributed by atoms with Gasteiger partial charge in [0.2, 0.25) is 0 Å². The number of anilines is 1. The fourth-order valence-corrected chi connectivity index (χ4v) is 4.55. The number of hydrogen-bond acceptors (Lipinski definition) is 3. The van der Waals surface area contributed by atoms with Crippen LogP contribution >= 0.6 is 0 Å². The molecule has 1 N–H and O–H groups in total. The van der Waals surface area contributed by atoms with Gasteiger partial charge in [-0.3, -0.25) is 10.1 Å². The zero-order valence-corrected chi connectivity index (χ0v) is 12.6. The quantitative estimate of drug-likeness (QED) is 0.665. The van der Waals surface area contributed by atoms with Gasteiger partial charge in [-0.05, 0) is 42.1 Å². The molecule has 2 fully saturated rings. The maximum Gasteiger partial charge on any atom is 0.272 e. The number of fused-ring (bicyclic) bond motifs is 2. The first-order chi connectivity index (χ1) is 9.74. The van der Waals surface area contributed by atoms with Crippen LogP contribution in [0, 0.1) is 32.7 Å². The summed E-state index contributed by atoms with van der Waals surface area (Å²) in [6, 6.07) is 4.03. The molecule has 5 heteroatoms. The molecule has 114 valence electrons. The Morgan fingerprint density at radius 1 is 1.38 bits per heavy atom. The molecule has 3 rings (SSSR count). The van der Waals surface area contributed by atoms with Crippen LogP contribution in [0.5, 0.6) is 0 Å². The summed E-state index contributed by atoms with van der Waals surface area (Å²) in [5.41, 5.74) is 0.452. The predicted molar refractivity (Wildman–Crippen MR) is 79.7 cm³/mol. The monoisotopic (exact) mass is 292 g/mol. The van der Waals surface area contributed by atoms with Gasteiger partial charge in [-0.2, -0.15) is 0 Å². The molecule has 0 amide bonds. The highest BCUT2D eigenvalue weighted by Gasteiger charge is 2.59. The third kappa shape index (κ3) is 2.10. The van der Waals surface area contributed by atoms with E-state index in [1.165, 1.54) is 25.0 Å². The number of nitro groups is 1. The fraction of sp³-hybridized carbons (Fsp3) is 0.625. The standard InChI is InChI=1S/C16H21FN2O2/c1-15(2)10-6-7-16(3,9-10)14(15)18-13-5-4-11(19(20)21)8-12(13)17/h4-5,8,10,14,18H,6-7,9H2,1-3H3. The highest BCUT2D eigenvalue weighted by molar-refractivity contribution is 5.51. The lowest BCUT2D eigenvalue weighted by Crippen LogP contribution is -2.45. The minimum atomic E-state index is -0.574. The SMILES string of the molecule is CC12CCC(C1)C(C)(C)C2Nc1ccc([N+](=O)[O-])cc1F. The summed E-state index contributed by atoms with van der Waals surface area (Å²) >= 11 is 0. The lowest BCUT2D eigenvalue weighted by atomic mass is 9.68. The summed E-state index contributed by atoms with van der Waals surface area (Å²) in [6.07, 6.45) is 3.57. The molecule has 2 bridgehead atoms. The van der Waals surface area contributed by atoms with E-state index in [2.05, 4.69) is 26.1 Å². The summed E-state index contributed by atoms with van der Waals surface area (Å²) in [7, 11) is 0. The van der Waals surface area contributed by atoms with Gasteiger partial charge in [0.25, 0.3) is 5.69 Å². The third-order valence-corrected chi connectivity index (χ3v) is 5.73. The summed E-state index contributed by atoms with van der Waals surface area (Å²) in [5.74, 6) is 0.118. The first kappa shape index (κ1) is 14.3. The van der Waals surface area contributed by atoms with Crippen molar-refractivity contribution in [2.45, 2.75) is 46.1 Å². The smallest absolute Gasteiger partial charge is 0.272 e. The van der Waals surface area contributed by atoms with Gasteiger partial charge in [0, 0.05) is 12.1 Å². The Bertz CT molecular complexity index is 597. The van der Waals surface area contributed by atoms with E-state index in [4.69, 9.17) is 0 Å². The van der Waals surface area contributed by atoms with Crippen LogP contribution in [0.15, 0.2) is 18.2 Å². The van der Waals surface area contributed by atoms with Crippen molar-refractivity contribution in [2.75, 3.05) is 5.32 Å². The Balaban J connectivity index is 1.88. The number of halogens is 1. The topological polar surface area (TPSA) is 55.2 Å². The van der Waals surface area contributed by atoms with Crippen LogP contribution in [0.25, 0.3) is 0 Å². The van der Waals surface area contributed by atoms with Gasteiger partial charge in [0.1, 0.15) is 0 Å². The number of nitrogens with one attached hydrogen (secondary N) is 1. The van der Waals surface area contributed by atoms with Crippen molar-refractivity contribution in [1.29, 1.82) is 0 Å². The maximum atomic E-state index is 14.1. The minimum Gasteiger partial charge on any atom is -0.379 e. The van der Waals surface area contributed by atoms with Crippen molar-refractivity contribution >= 4 is 11.4 Å². The van der Waals surface area contributed by atoms with Crippen LogP contribution in [0.3, 0.4) is 0 Å². The molecule has 0 spiro atoms. The molecule has 1 aromatic carbocycles. The van der Waals surface area contributed by atoms with E-state index in [0.717, 1.165) is 12.5 Å². The Kier molecular flexibility index (Phi) is 3.01. The molecule has 21 heavy (non-hydrogen) atoms. The molecular formula is C16H21FN2O2. The van der Waals surface area contributed by atoms with E-state index in [0.29, 0.717) is 11.6 Å². The summed E-state index contributed by atoms with van der Waals surface area (Å²) in [5, 5.41) is 14.0. The fourth-order valence-electron chi connectivity index (χ4n) is 4.55. The van der Waals surface area contributed by atoms with Gasteiger partial charge >= 0.3 is 0 Å². The summed E-state index contributed by atoms with van der Waals surface area (Å²) in [6.45, 7) is 6.74. The molecule has 2 aliphatic carbocycles. The average molecular weight is 292 g/mol. The molecular weight excluding hydrogens is 271 g/mol. The lowest BCUT2D eigenvalue weighted by molar-refractivity contribution is -0.385. The zero-order chi connectivity index (χ0) is 15.4. The Morgan fingerprint density at radius 3 is 2.62 bits per heavy atom. The molecule has 3 unspecified atom stereocenters. The van der Waals surface area contributed by atoms with Crippen LogP contribution in [-0.4, -0.2) is 11.0 Å². The van der Waals surface area contributed by atoms with Crippen molar-refractivity contribution in [1.82, 2.24) is 0 Å². The van der Waals surface area contributed by atoms with Gasteiger partial charge in [-0.1, -0.05) is 20.8 Å². The second-order valence-electron chi connectivity index (χ2n) is 7.41. The first-order valence-corrected chi connectivity index (χ1v) is 7.44. The molecule has 3 atom stereocenters. The molecule has 2 aliphatic rings. The maximum absolute atomic E-state index is 14.1. The van der Waals surface area contributed by atoms with Gasteiger partial charge < -0.3 is 5.32 Å². The molecule has 0 heterocycles. The van der Waals surface area contributed by atoms with Crippen molar-refractivity contribution in [3.63, 3.8) is 0 Å². The Hall–Kier alpha value is -1.65. The van der Waals surface area contributed by atoms with E-state index in [-0.39, 0.29) is 22.6 Å². The van der Waals surface area contributed by atoms with Gasteiger partial charge in [-0.15, -0.1) is 0 Å². The highest BCUT2D eigenvalue weighted by atomic mass is 19.1. The molecule has 0 saturated heterocycles. The average Bonchev–Trinajstić information content (AvgIpc) is 2.87. The minimum absolute atomic E-state index is 0.112. The first-order valence-electron chi connectivity index (χ1n) is 7.44. The van der Waals surface area contributed by atoms with E-state index >= 15 is 0 Å². The van der Waals surface area contributed by atoms with Crippen LogP contribution in [-0.2, 0) is 0 Å². The number of rotatable bonds is 3. The zero-order valence-electron chi connectivity index (χ0n) is 12.6. The number of non-ortho nitro benzene ring substituents is 1. The van der Waals surface area contributed by atoms with Gasteiger partial charge in [0.15, 0.2) is 5.82 Å². The predicted octanol–water partition coefficient (Wildman–Crippen LogP) is 4.36. The Labute approximate surface area is 123 Å². The third-order valence-electron chi connectivity index (χ3n) is 5.73. The molecule has 2 saturated carbocycles. The van der Waals surface area contributed by atoms with Crippen LogP contribution in [0.4, 0.5) is 15.8 Å². The largest absolute Gasteiger partial charge is 0.379 e. The Morgan fingerprint density at radius 2 is 2.10 bits per heavy atom. The second kappa shape index (κ2) is 4.42. The van der Waals surface area contributed by atoms with Gasteiger partial charge in [0.05, 0.1) is 16.7 Å². The molecule has 4 nitrogen and oxygen atoms in total. The number of benzene rings is 1. The molecule has 0 aliphatic heterocycles. The summed E-state index contributed by atoms with van der Waals surface area (Å²) < 4.78 is 14.1. The van der Waals surface area contributed by atoms with Gasteiger partial charge in [-0.25, -0.2) is 4.39 Å². The second-order valence-corrected chi connectivity index (χ2v) is 7.41. The normalized spacial score (nSPS) is 33.1. The van der Waals surface area contributed by atoms with Crippen LogP contribution in [0.1, 0.15) is 40.0 Å². The molecule has 0 aromatic heterocycles. The number of hydrogen-bond donors (Lipinski definition) is 1. The summed E-state index contributed by atoms with van der Waals surface area (Å²) in [4.78, 5) is 10.1. The highest BCUT2D eigenvalue weighted by Crippen LogP contribution is 2.63. The number of nitrogens with zero attached hydrogens (tertiary/aromatic N) is 1. The van der Waals surface area contributed by atoms with E-state index in [9.17, 15) is 14.5 Å². The van der Waals surface area contributed by atoms with Crippen molar-refractivity contribution in [2.24, 2.45) is 16.7 Å². The van der Waals surface area contributed by atoms with Crippen LogP contribution in [0.2, 0.25) is 0 Å². The van der Waals surface area contributed by atoms with Crippen molar-refractivity contribution in [3.05, 3.63) is 34.1 Å². The van der Waals surface area contributed by atoms with E-state index in [1.54, 1.807) is 0 Å². The lowest BCUT2D eigenvalue weighted by Gasteiger charge is -2.43. The number of nitro benzene ring substituents is 1. The van der Waals surface area contributed by atoms with E-state index < -0.39 is 10.7 Å². The molecule has 0 radical (unpaired) electrons. The van der Waals surface area contributed by atoms with Crippen molar-refractivity contribution in [3.8, 4) is 0 Å². The van der Waals surface area contributed by atoms with Crippen LogP contribution < -0.4 is 5.32 Å². The molecule has 1 aromatic rings. The van der Waals surface area contributed by atoms with E-state index in [1.807, 2.05) is 0 Å². The van der Waals surface area contributed by atoms with Crippen molar-refractivity contribution < 1.29 is 9.31 Å².